The van der Waals surface area contributed by atoms with Crippen molar-refractivity contribution in [3.05, 3.63) is 62.6 Å². The molecule has 0 spiro atoms. The molecule has 0 unspecified atom stereocenters. The predicted molar refractivity (Wildman–Crippen MR) is 88.4 cm³/mol. The highest BCUT2D eigenvalue weighted by Gasteiger charge is 2.20. The molecule has 0 saturated heterocycles. The van der Waals surface area contributed by atoms with E-state index >= 15 is 0 Å². The maximum absolute atomic E-state index is 12.5. The summed E-state index contributed by atoms with van der Waals surface area (Å²) >= 11 is 0. The molecule has 2 rings (SSSR count). The van der Waals surface area contributed by atoms with Crippen molar-refractivity contribution in [3.8, 4) is 0 Å². The van der Waals surface area contributed by atoms with Crippen LogP contribution in [0.1, 0.15) is 37.8 Å². The fraction of sp³-hybridized carbons (Fsp3) is 0.294. The molecule has 2 aromatic rings. The highest BCUT2D eigenvalue weighted by Crippen LogP contribution is 2.21. The van der Waals surface area contributed by atoms with E-state index in [1.54, 1.807) is 20.9 Å². The van der Waals surface area contributed by atoms with E-state index in [4.69, 9.17) is 4.42 Å². The number of carbonyl (C=O) groups excluding carboxylic acids is 2. The molecule has 25 heavy (non-hydrogen) atoms. The summed E-state index contributed by atoms with van der Waals surface area (Å²) < 4.78 is 10.1. The van der Waals surface area contributed by atoms with Crippen molar-refractivity contribution in [1.29, 1.82) is 0 Å². The van der Waals surface area contributed by atoms with Crippen molar-refractivity contribution in [2.24, 2.45) is 0 Å². The smallest absolute Gasteiger partial charge is 0.341 e. The van der Waals surface area contributed by atoms with Crippen LogP contribution in [-0.4, -0.2) is 35.9 Å². The van der Waals surface area contributed by atoms with Crippen molar-refractivity contribution >= 4 is 17.6 Å². The summed E-state index contributed by atoms with van der Waals surface area (Å²) in [6.07, 6.45) is 0. The lowest BCUT2D eigenvalue weighted by Crippen LogP contribution is -2.26. The van der Waals surface area contributed by atoms with Crippen LogP contribution in [0.2, 0.25) is 0 Å². The third-order valence-electron chi connectivity index (χ3n) is 3.77. The van der Waals surface area contributed by atoms with Crippen LogP contribution in [0.3, 0.4) is 0 Å². The summed E-state index contributed by atoms with van der Waals surface area (Å²) in [5.74, 6) is -0.101. The quantitative estimate of drug-likeness (QED) is 0.468. The van der Waals surface area contributed by atoms with Crippen LogP contribution in [0.4, 0.5) is 5.69 Å². The van der Waals surface area contributed by atoms with Gasteiger partial charge in [0, 0.05) is 24.2 Å². The molecule has 1 aromatic carbocycles. The van der Waals surface area contributed by atoms with E-state index in [2.05, 4.69) is 4.74 Å². The first kappa shape index (κ1) is 18.2. The van der Waals surface area contributed by atoms with Crippen molar-refractivity contribution in [3.63, 3.8) is 0 Å². The SMILES string of the molecule is COC(=O)c1cc(CN(C)C(=O)c2ccc(C)c([N+](=O)[O-])c2)oc1C. The Kier molecular flexibility index (Phi) is 5.21. The lowest BCUT2D eigenvalue weighted by molar-refractivity contribution is -0.385. The lowest BCUT2D eigenvalue weighted by atomic mass is 10.1. The Morgan fingerprint density at radius 1 is 1.28 bits per heavy atom. The molecule has 1 aromatic heterocycles. The largest absolute Gasteiger partial charge is 0.465 e. The van der Waals surface area contributed by atoms with E-state index in [1.807, 2.05) is 0 Å². The number of carbonyl (C=O) groups is 2. The molecule has 0 fully saturated rings. The van der Waals surface area contributed by atoms with Crippen LogP contribution in [0.5, 0.6) is 0 Å². The zero-order valence-electron chi connectivity index (χ0n) is 14.4. The van der Waals surface area contributed by atoms with Gasteiger partial charge in [-0.1, -0.05) is 6.07 Å². The van der Waals surface area contributed by atoms with Gasteiger partial charge in [0.05, 0.1) is 18.6 Å². The number of hydrogen-bond donors (Lipinski definition) is 0. The molecule has 132 valence electrons. The zero-order chi connectivity index (χ0) is 18.7. The van der Waals surface area contributed by atoms with E-state index in [-0.39, 0.29) is 17.8 Å². The average Bonchev–Trinajstić information content (AvgIpc) is 2.93. The molecule has 0 atom stereocenters. The number of nitro benzene ring substituents is 1. The minimum atomic E-state index is -0.523. The second-order valence-corrected chi connectivity index (χ2v) is 5.59. The van der Waals surface area contributed by atoms with Gasteiger partial charge >= 0.3 is 5.97 Å². The molecule has 8 nitrogen and oxygen atoms in total. The second-order valence-electron chi connectivity index (χ2n) is 5.59. The number of nitro groups is 1. The van der Waals surface area contributed by atoms with Gasteiger partial charge in [0.15, 0.2) is 0 Å². The first-order valence-corrected chi connectivity index (χ1v) is 7.42. The van der Waals surface area contributed by atoms with Crippen molar-refractivity contribution < 1.29 is 23.7 Å². The van der Waals surface area contributed by atoms with Crippen LogP contribution in [0, 0.1) is 24.0 Å². The number of ether oxygens (including phenoxy) is 1. The molecule has 0 radical (unpaired) electrons. The van der Waals surface area contributed by atoms with E-state index in [0.29, 0.717) is 22.6 Å². The van der Waals surface area contributed by atoms with Crippen molar-refractivity contribution in [1.82, 2.24) is 4.90 Å². The maximum atomic E-state index is 12.5. The number of nitrogens with zero attached hydrogens (tertiary/aromatic N) is 2. The third-order valence-corrected chi connectivity index (χ3v) is 3.77. The standard InChI is InChI=1S/C17H18N2O6/c1-10-5-6-12(7-15(10)19(22)23)16(20)18(3)9-13-8-14(11(2)25-13)17(21)24-4/h5-8H,9H2,1-4H3. The van der Waals surface area contributed by atoms with Gasteiger partial charge in [-0.05, 0) is 26.0 Å². The van der Waals surface area contributed by atoms with Gasteiger partial charge in [-0.15, -0.1) is 0 Å². The Hall–Kier alpha value is -3.16. The highest BCUT2D eigenvalue weighted by atomic mass is 16.6. The Balaban J connectivity index is 2.20. The highest BCUT2D eigenvalue weighted by molar-refractivity contribution is 5.95. The van der Waals surface area contributed by atoms with Crippen LogP contribution >= 0.6 is 0 Å². The molecule has 1 amide bonds. The van der Waals surface area contributed by atoms with Gasteiger partial charge in [-0.2, -0.15) is 0 Å². The van der Waals surface area contributed by atoms with E-state index in [9.17, 15) is 19.7 Å². The van der Waals surface area contributed by atoms with Gasteiger partial charge in [0.25, 0.3) is 11.6 Å². The molecule has 1 heterocycles. The van der Waals surface area contributed by atoms with Crippen LogP contribution in [-0.2, 0) is 11.3 Å². The minimum Gasteiger partial charge on any atom is -0.465 e. The lowest BCUT2D eigenvalue weighted by Gasteiger charge is -2.15. The van der Waals surface area contributed by atoms with Crippen molar-refractivity contribution in [2.45, 2.75) is 20.4 Å². The maximum Gasteiger partial charge on any atom is 0.341 e. The van der Waals surface area contributed by atoms with E-state index in [0.717, 1.165) is 0 Å². The predicted octanol–water partition coefficient (Wildman–Crippen LogP) is 2.86. The summed E-state index contributed by atoms with van der Waals surface area (Å²) in [5, 5.41) is 11.0. The van der Waals surface area contributed by atoms with Gasteiger partial charge in [0.1, 0.15) is 17.1 Å². The molecule has 0 saturated carbocycles. The van der Waals surface area contributed by atoms with E-state index in [1.165, 1.54) is 36.3 Å². The van der Waals surface area contributed by atoms with Gasteiger partial charge in [-0.3, -0.25) is 14.9 Å². The normalized spacial score (nSPS) is 10.4. The molecule has 0 N–H and O–H groups in total. The fourth-order valence-corrected chi connectivity index (χ4v) is 2.40. The van der Waals surface area contributed by atoms with Crippen LogP contribution in [0.15, 0.2) is 28.7 Å². The Morgan fingerprint density at radius 3 is 2.56 bits per heavy atom. The summed E-state index contributed by atoms with van der Waals surface area (Å²) in [6, 6.07) is 5.84. The average molecular weight is 346 g/mol. The second kappa shape index (κ2) is 7.16. The third kappa shape index (κ3) is 3.85. The van der Waals surface area contributed by atoms with Gasteiger partial charge in [0.2, 0.25) is 0 Å². The van der Waals surface area contributed by atoms with Crippen LogP contribution in [0.25, 0.3) is 0 Å². The Morgan fingerprint density at radius 2 is 1.96 bits per heavy atom. The molecule has 0 aliphatic heterocycles. The Labute approximate surface area is 144 Å². The molecule has 0 aliphatic carbocycles. The summed E-state index contributed by atoms with van der Waals surface area (Å²) in [5.41, 5.74) is 0.871. The minimum absolute atomic E-state index is 0.109. The zero-order valence-corrected chi connectivity index (χ0v) is 14.4. The monoisotopic (exact) mass is 346 g/mol. The number of esters is 1. The van der Waals surface area contributed by atoms with Gasteiger partial charge < -0.3 is 14.1 Å². The number of amides is 1. The topological polar surface area (TPSA) is 103 Å². The number of furan rings is 1. The first-order valence-electron chi connectivity index (χ1n) is 7.42. The van der Waals surface area contributed by atoms with E-state index < -0.39 is 16.8 Å². The number of aryl methyl sites for hydroxylation is 2. The fourth-order valence-electron chi connectivity index (χ4n) is 2.40. The molecular weight excluding hydrogens is 328 g/mol. The molecule has 8 heteroatoms. The molecule has 0 bridgehead atoms. The number of methoxy groups -OCH3 is 1. The van der Waals surface area contributed by atoms with Gasteiger partial charge in [-0.25, -0.2) is 4.79 Å². The first-order chi connectivity index (χ1) is 11.7. The number of benzene rings is 1. The number of hydrogen-bond acceptors (Lipinski definition) is 6. The summed E-state index contributed by atoms with van der Waals surface area (Å²) in [6.45, 7) is 3.34. The summed E-state index contributed by atoms with van der Waals surface area (Å²) in [7, 11) is 2.82. The van der Waals surface area contributed by atoms with Crippen LogP contribution < -0.4 is 0 Å². The molecule has 0 aliphatic rings. The Bertz CT molecular complexity index is 840. The summed E-state index contributed by atoms with van der Waals surface area (Å²) in [4.78, 5) is 35.9. The molecular formula is C17H18N2O6. The van der Waals surface area contributed by atoms with Crippen molar-refractivity contribution in [2.75, 3.05) is 14.2 Å². The number of rotatable bonds is 5.